The summed E-state index contributed by atoms with van der Waals surface area (Å²) in [6.45, 7) is 15.8. The van der Waals surface area contributed by atoms with Crippen LogP contribution in [-0.2, 0) is 9.59 Å². The summed E-state index contributed by atoms with van der Waals surface area (Å²) in [4.78, 5) is 26.5. The first-order valence-electron chi connectivity index (χ1n) is 10.4. The summed E-state index contributed by atoms with van der Waals surface area (Å²) in [5, 5.41) is 11.1. The average Bonchev–Trinajstić information content (AvgIpc) is 2.56. The molecule has 0 bridgehead atoms. The zero-order chi connectivity index (χ0) is 21.0. The predicted octanol–water partition coefficient (Wildman–Crippen LogP) is 5.67. The van der Waals surface area contributed by atoms with Crippen molar-refractivity contribution in [1.82, 2.24) is 0 Å². The highest BCUT2D eigenvalue weighted by Crippen LogP contribution is 2.51. The van der Waals surface area contributed by atoms with Gasteiger partial charge in [0, 0.05) is 5.92 Å². The topological polar surface area (TPSA) is 54.4 Å². The minimum absolute atomic E-state index is 0.00291. The Bertz CT molecular complexity index is 603. The summed E-state index contributed by atoms with van der Waals surface area (Å²) < 4.78 is 0. The monoisotopic (exact) mass is 376 g/mol. The predicted molar refractivity (Wildman–Crippen MR) is 113 cm³/mol. The van der Waals surface area contributed by atoms with Gasteiger partial charge in [-0.05, 0) is 78.1 Å². The van der Waals surface area contributed by atoms with Crippen molar-refractivity contribution in [3.8, 4) is 0 Å². The van der Waals surface area contributed by atoms with E-state index < -0.39 is 16.9 Å². The Kier molecular flexibility index (Phi) is 8.22. The summed E-state index contributed by atoms with van der Waals surface area (Å²) >= 11 is 0. The SMILES string of the molecule is CC[C@H](C)C(=O)[C@@H]1C(=O)[C@@](C)(O)[C@@H](CC=C(C)C)C[C@@]1(C)CCC=C(C)C. The zero-order valence-electron chi connectivity index (χ0n) is 18.7. The van der Waals surface area contributed by atoms with Gasteiger partial charge in [-0.3, -0.25) is 9.59 Å². The number of Topliss-reactive ketones (excluding diaryl/α,β-unsaturated/α-hetero) is 2. The fourth-order valence-corrected chi connectivity index (χ4v) is 4.28. The van der Waals surface area contributed by atoms with E-state index in [0.717, 1.165) is 19.3 Å². The number of allylic oxidation sites excluding steroid dienone is 4. The number of hydrogen-bond donors (Lipinski definition) is 1. The Balaban J connectivity index is 3.31. The maximum atomic E-state index is 13.4. The Morgan fingerprint density at radius 1 is 1.19 bits per heavy atom. The molecule has 0 radical (unpaired) electrons. The van der Waals surface area contributed by atoms with Crippen LogP contribution in [0.1, 0.15) is 87.5 Å². The Morgan fingerprint density at radius 3 is 2.22 bits per heavy atom. The van der Waals surface area contributed by atoms with E-state index >= 15 is 0 Å². The largest absolute Gasteiger partial charge is 0.382 e. The molecule has 154 valence electrons. The summed E-state index contributed by atoms with van der Waals surface area (Å²) in [6.07, 6.45) is 8.00. The van der Waals surface area contributed by atoms with Crippen LogP contribution >= 0.6 is 0 Å². The van der Waals surface area contributed by atoms with E-state index in [9.17, 15) is 14.7 Å². The number of hydrogen-bond acceptors (Lipinski definition) is 3. The van der Waals surface area contributed by atoms with E-state index in [0.29, 0.717) is 12.8 Å². The molecule has 1 aliphatic rings. The molecule has 1 fully saturated rings. The van der Waals surface area contributed by atoms with Gasteiger partial charge < -0.3 is 5.11 Å². The van der Waals surface area contributed by atoms with Crippen molar-refractivity contribution < 1.29 is 14.7 Å². The van der Waals surface area contributed by atoms with E-state index in [1.165, 1.54) is 11.1 Å². The molecule has 27 heavy (non-hydrogen) atoms. The van der Waals surface area contributed by atoms with Crippen molar-refractivity contribution >= 4 is 11.6 Å². The maximum absolute atomic E-state index is 13.4. The van der Waals surface area contributed by atoms with Crippen LogP contribution in [0.5, 0.6) is 0 Å². The number of rotatable bonds is 8. The summed E-state index contributed by atoms with van der Waals surface area (Å²) in [5.74, 6) is -1.30. The van der Waals surface area contributed by atoms with Crippen LogP contribution in [0.2, 0.25) is 0 Å². The van der Waals surface area contributed by atoms with Crippen LogP contribution in [0.4, 0.5) is 0 Å². The van der Waals surface area contributed by atoms with Gasteiger partial charge in [-0.25, -0.2) is 0 Å². The smallest absolute Gasteiger partial charge is 0.175 e. The Morgan fingerprint density at radius 2 is 1.74 bits per heavy atom. The van der Waals surface area contributed by atoms with Gasteiger partial charge in [0.25, 0.3) is 0 Å². The highest BCUT2D eigenvalue weighted by Gasteiger charge is 2.57. The highest BCUT2D eigenvalue weighted by atomic mass is 16.3. The molecule has 0 heterocycles. The number of aliphatic hydroxyl groups is 1. The molecule has 3 heteroatoms. The van der Waals surface area contributed by atoms with Crippen molar-refractivity contribution in [2.24, 2.45) is 23.2 Å². The molecule has 0 aliphatic heterocycles. The fourth-order valence-electron chi connectivity index (χ4n) is 4.28. The van der Waals surface area contributed by atoms with Crippen molar-refractivity contribution in [3.05, 3.63) is 23.3 Å². The summed E-state index contributed by atoms with van der Waals surface area (Å²) in [5.41, 5.74) is 0.572. The lowest BCUT2D eigenvalue weighted by atomic mass is 9.54. The molecule has 1 N–H and O–H groups in total. The molecule has 0 amide bonds. The van der Waals surface area contributed by atoms with E-state index in [4.69, 9.17) is 0 Å². The first-order chi connectivity index (χ1) is 12.4. The highest BCUT2D eigenvalue weighted by molar-refractivity contribution is 6.08. The molecule has 0 aromatic carbocycles. The average molecular weight is 377 g/mol. The lowest BCUT2D eigenvalue weighted by molar-refractivity contribution is -0.167. The van der Waals surface area contributed by atoms with Gasteiger partial charge in [-0.2, -0.15) is 0 Å². The maximum Gasteiger partial charge on any atom is 0.175 e. The normalized spacial score (nSPS) is 32.0. The van der Waals surface area contributed by atoms with E-state index in [2.05, 4.69) is 32.9 Å². The molecule has 0 unspecified atom stereocenters. The van der Waals surface area contributed by atoms with Crippen LogP contribution in [0.3, 0.4) is 0 Å². The number of carbonyl (C=O) groups excluding carboxylic acids is 2. The van der Waals surface area contributed by atoms with Gasteiger partial charge in [0.15, 0.2) is 5.78 Å². The molecule has 0 aromatic rings. The Labute approximate surface area is 166 Å². The molecule has 3 nitrogen and oxygen atoms in total. The van der Waals surface area contributed by atoms with Crippen molar-refractivity contribution in [2.45, 2.75) is 93.1 Å². The lowest BCUT2D eigenvalue weighted by Gasteiger charge is -2.50. The van der Waals surface area contributed by atoms with Crippen LogP contribution in [-0.4, -0.2) is 22.3 Å². The summed E-state index contributed by atoms with van der Waals surface area (Å²) in [7, 11) is 0. The fraction of sp³-hybridized carbons (Fsp3) is 0.750. The molecule has 1 saturated carbocycles. The quantitative estimate of drug-likeness (QED) is 0.439. The number of carbonyl (C=O) groups is 2. The molecule has 0 spiro atoms. The first-order valence-corrected chi connectivity index (χ1v) is 10.4. The van der Waals surface area contributed by atoms with Crippen LogP contribution in [0.15, 0.2) is 23.3 Å². The van der Waals surface area contributed by atoms with E-state index in [1.807, 2.05) is 27.7 Å². The molecule has 1 rings (SSSR count). The third kappa shape index (κ3) is 5.63. The second-order valence-corrected chi connectivity index (χ2v) is 9.55. The van der Waals surface area contributed by atoms with Crippen LogP contribution in [0.25, 0.3) is 0 Å². The van der Waals surface area contributed by atoms with Gasteiger partial charge in [0.2, 0.25) is 0 Å². The zero-order valence-corrected chi connectivity index (χ0v) is 18.7. The number of ketones is 2. The second kappa shape index (κ2) is 9.32. The van der Waals surface area contributed by atoms with Gasteiger partial charge in [0.1, 0.15) is 11.4 Å². The van der Waals surface area contributed by atoms with Crippen LogP contribution < -0.4 is 0 Å². The van der Waals surface area contributed by atoms with Crippen molar-refractivity contribution in [3.63, 3.8) is 0 Å². The third-order valence-electron chi connectivity index (χ3n) is 6.43. The van der Waals surface area contributed by atoms with E-state index in [1.54, 1.807) is 6.92 Å². The lowest BCUT2D eigenvalue weighted by Crippen LogP contribution is -2.59. The molecule has 0 aromatic heterocycles. The third-order valence-corrected chi connectivity index (χ3v) is 6.43. The molecule has 1 aliphatic carbocycles. The first kappa shape index (κ1) is 23.8. The minimum Gasteiger partial charge on any atom is -0.382 e. The second-order valence-electron chi connectivity index (χ2n) is 9.55. The molecule has 5 atom stereocenters. The van der Waals surface area contributed by atoms with Gasteiger partial charge in [-0.1, -0.05) is 44.1 Å². The van der Waals surface area contributed by atoms with Gasteiger partial charge in [0.05, 0.1) is 5.92 Å². The van der Waals surface area contributed by atoms with Gasteiger partial charge >= 0.3 is 0 Å². The van der Waals surface area contributed by atoms with Crippen molar-refractivity contribution in [1.29, 1.82) is 0 Å². The molecular weight excluding hydrogens is 336 g/mol. The van der Waals surface area contributed by atoms with Crippen molar-refractivity contribution in [2.75, 3.05) is 0 Å². The minimum atomic E-state index is -1.45. The van der Waals surface area contributed by atoms with Gasteiger partial charge in [-0.15, -0.1) is 0 Å². The van der Waals surface area contributed by atoms with Crippen LogP contribution in [0, 0.1) is 23.2 Å². The standard InChI is InChI=1S/C24H40O3/c1-9-18(6)21(25)20-22(26)24(8,27)19(13-12-17(4)5)15-23(20,7)14-10-11-16(2)3/h11-12,18-20,27H,9-10,13-15H2,1-8H3/t18-,19-,20+,23+,24-/m0/s1. The molecule has 0 saturated heterocycles. The van der Waals surface area contributed by atoms with E-state index in [-0.39, 0.29) is 23.4 Å². The molecular formula is C24H40O3. The Hall–Kier alpha value is -1.22. The summed E-state index contributed by atoms with van der Waals surface area (Å²) in [6, 6.07) is 0.